The Morgan fingerprint density at radius 3 is 2.65 bits per heavy atom. The summed E-state index contributed by atoms with van der Waals surface area (Å²) >= 11 is 0. The van der Waals surface area contributed by atoms with E-state index in [0.717, 1.165) is 56.4 Å². The van der Waals surface area contributed by atoms with Crippen LogP contribution in [0.1, 0.15) is 86.3 Å². The van der Waals surface area contributed by atoms with Crippen molar-refractivity contribution in [3.8, 4) is 0 Å². The summed E-state index contributed by atoms with van der Waals surface area (Å²) in [6.07, 6.45) is 14.4. The fourth-order valence-electron chi connectivity index (χ4n) is 5.76. The number of nitrogens with zero attached hydrogens (tertiary/aromatic N) is 1. The van der Waals surface area contributed by atoms with Gasteiger partial charge in [-0.2, -0.15) is 0 Å². The second-order valence-corrected chi connectivity index (χ2v) is 9.99. The van der Waals surface area contributed by atoms with Crippen LogP contribution in [-0.2, 0) is 19.3 Å². The van der Waals surface area contributed by atoms with Crippen LogP contribution in [0.4, 0.5) is 5.69 Å². The number of fused-ring (bicyclic) bond motifs is 3. The summed E-state index contributed by atoms with van der Waals surface area (Å²) in [7, 11) is 0. The standard InChI is InChI=1S/C29H38N4O/c34-28-18-17-21-24(15-10-16-25(21)33-28)30-19-8-2-1-3-9-20-31-29-22-11-4-6-13-26(22)32-27-14-7-5-12-23(27)29/h4,6,11,13,17-18,24,30H,1-3,5,7-10,12,14-16,19-20H2,(H,31,32)(H,33,34)/t24-/m0/s1. The number of aromatic nitrogens is 2. The lowest BCUT2D eigenvalue weighted by atomic mass is 9.91. The van der Waals surface area contributed by atoms with Gasteiger partial charge < -0.3 is 15.6 Å². The molecule has 0 radical (unpaired) electrons. The Balaban J connectivity index is 1.03. The fourth-order valence-corrected chi connectivity index (χ4v) is 5.76. The highest BCUT2D eigenvalue weighted by molar-refractivity contribution is 5.93. The Hall–Kier alpha value is -2.66. The number of aryl methyl sites for hydroxylation is 2. The second kappa shape index (κ2) is 11.2. The Kier molecular flexibility index (Phi) is 7.59. The zero-order valence-electron chi connectivity index (χ0n) is 20.3. The van der Waals surface area contributed by atoms with Crippen LogP contribution in [0.3, 0.4) is 0 Å². The highest BCUT2D eigenvalue weighted by Gasteiger charge is 2.20. The van der Waals surface area contributed by atoms with Crippen LogP contribution in [0, 0.1) is 0 Å². The summed E-state index contributed by atoms with van der Waals surface area (Å²) in [6.45, 7) is 2.09. The van der Waals surface area contributed by atoms with E-state index >= 15 is 0 Å². The first-order valence-corrected chi connectivity index (χ1v) is 13.4. The molecule has 1 atom stereocenters. The van der Waals surface area contributed by atoms with Gasteiger partial charge in [0.05, 0.1) is 5.52 Å². The van der Waals surface area contributed by atoms with Gasteiger partial charge in [-0.1, -0.05) is 43.5 Å². The number of hydrogen-bond donors (Lipinski definition) is 3. The minimum Gasteiger partial charge on any atom is -0.384 e. The maximum Gasteiger partial charge on any atom is 0.248 e. The van der Waals surface area contributed by atoms with Crippen molar-refractivity contribution in [2.75, 3.05) is 18.4 Å². The molecule has 34 heavy (non-hydrogen) atoms. The molecule has 3 N–H and O–H groups in total. The van der Waals surface area contributed by atoms with Gasteiger partial charge in [-0.15, -0.1) is 0 Å². The van der Waals surface area contributed by atoms with Gasteiger partial charge in [0.15, 0.2) is 0 Å². The Morgan fingerprint density at radius 2 is 1.71 bits per heavy atom. The minimum atomic E-state index is 0.0193. The third-order valence-corrected chi connectivity index (χ3v) is 7.55. The largest absolute Gasteiger partial charge is 0.384 e. The number of benzene rings is 1. The van der Waals surface area contributed by atoms with Crippen LogP contribution in [0.5, 0.6) is 0 Å². The molecule has 2 aromatic heterocycles. The molecule has 0 saturated heterocycles. The first-order chi connectivity index (χ1) is 16.8. The van der Waals surface area contributed by atoms with Crippen LogP contribution < -0.4 is 16.2 Å². The topological polar surface area (TPSA) is 69.8 Å². The predicted octanol–water partition coefficient (Wildman–Crippen LogP) is 5.83. The molecule has 5 heteroatoms. The molecule has 2 heterocycles. The van der Waals surface area contributed by atoms with Gasteiger partial charge in [-0.3, -0.25) is 9.78 Å². The average Bonchev–Trinajstić information content (AvgIpc) is 2.87. The van der Waals surface area contributed by atoms with Crippen LogP contribution in [-0.4, -0.2) is 23.1 Å². The average molecular weight is 459 g/mol. The van der Waals surface area contributed by atoms with E-state index in [2.05, 4.69) is 39.9 Å². The number of hydrogen-bond acceptors (Lipinski definition) is 4. The molecule has 2 aliphatic rings. The lowest BCUT2D eigenvalue weighted by Crippen LogP contribution is -2.28. The third kappa shape index (κ3) is 5.35. The third-order valence-electron chi connectivity index (χ3n) is 7.55. The number of unbranched alkanes of at least 4 members (excludes halogenated alkanes) is 4. The zero-order chi connectivity index (χ0) is 23.2. The van der Waals surface area contributed by atoms with Crippen molar-refractivity contribution >= 4 is 16.6 Å². The van der Waals surface area contributed by atoms with Gasteiger partial charge in [-0.05, 0) is 81.5 Å². The molecular formula is C29H38N4O. The smallest absolute Gasteiger partial charge is 0.248 e. The summed E-state index contributed by atoms with van der Waals surface area (Å²) in [4.78, 5) is 19.5. The van der Waals surface area contributed by atoms with E-state index in [9.17, 15) is 4.79 Å². The molecule has 0 spiro atoms. The molecule has 5 nitrogen and oxygen atoms in total. The van der Waals surface area contributed by atoms with Crippen molar-refractivity contribution in [2.24, 2.45) is 0 Å². The molecule has 1 aromatic carbocycles. The lowest BCUT2D eigenvalue weighted by Gasteiger charge is -2.26. The molecular weight excluding hydrogens is 420 g/mol. The van der Waals surface area contributed by atoms with Crippen molar-refractivity contribution in [3.05, 3.63) is 69.3 Å². The van der Waals surface area contributed by atoms with Crippen molar-refractivity contribution in [1.82, 2.24) is 15.3 Å². The van der Waals surface area contributed by atoms with Gasteiger partial charge in [0.2, 0.25) is 5.56 Å². The predicted molar refractivity (Wildman–Crippen MR) is 141 cm³/mol. The Labute approximate surface area is 202 Å². The maximum atomic E-state index is 11.6. The molecule has 5 rings (SSSR count). The SMILES string of the molecule is O=c1ccc2c([nH]1)CCC[C@@H]2NCCCCCCCNc1c2c(nc3ccccc13)CCCC2. The van der Waals surface area contributed by atoms with E-state index in [0.29, 0.717) is 6.04 Å². The van der Waals surface area contributed by atoms with E-state index in [4.69, 9.17) is 4.98 Å². The van der Waals surface area contributed by atoms with Gasteiger partial charge in [-0.25, -0.2) is 0 Å². The van der Waals surface area contributed by atoms with Gasteiger partial charge in [0.1, 0.15) is 0 Å². The zero-order valence-corrected chi connectivity index (χ0v) is 20.3. The number of nitrogens with one attached hydrogen (secondary N) is 3. The van der Waals surface area contributed by atoms with E-state index < -0.39 is 0 Å². The molecule has 0 saturated carbocycles. The molecule has 0 unspecified atom stereocenters. The lowest BCUT2D eigenvalue weighted by molar-refractivity contribution is 0.443. The van der Waals surface area contributed by atoms with E-state index in [1.165, 1.54) is 72.8 Å². The monoisotopic (exact) mass is 458 g/mol. The second-order valence-electron chi connectivity index (χ2n) is 9.99. The summed E-state index contributed by atoms with van der Waals surface area (Å²) in [5, 5.41) is 8.80. The number of pyridine rings is 2. The van der Waals surface area contributed by atoms with Crippen molar-refractivity contribution in [3.63, 3.8) is 0 Å². The molecule has 0 aliphatic heterocycles. The Morgan fingerprint density at radius 1 is 0.882 bits per heavy atom. The molecule has 3 aromatic rings. The van der Waals surface area contributed by atoms with E-state index in [1.807, 2.05) is 6.07 Å². The minimum absolute atomic E-state index is 0.0193. The number of para-hydroxylation sites is 1. The Bertz CT molecular complexity index is 1170. The molecule has 180 valence electrons. The number of anilines is 1. The van der Waals surface area contributed by atoms with Gasteiger partial charge >= 0.3 is 0 Å². The summed E-state index contributed by atoms with van der Waals surface area (Å²) in [5.74, 6) is 0. The number of aromatic amines is 1. The van der Waals surface area contributed by atoms with E-state index in [1.54, 1.807) is 6.07 Å². The molecule has 2 aliphatic carbocycles. The maximum absolute atomic E-state index is 11.6. The quantitative estimate of drug-likeness (QED) is 0.334. The molecule has 0 fully saturated rings. The van der Waals surface area contributed by atoms with Crippen molar-refractivity contribution in [2.45, 2.75) is 83.1 Å². The first-order valence-electron chi connectivity index (χ1n) is 13.4. The van der Waals surface area contributed by atoms with Crippen molar-refractivity contribution in [1.29, 1.82) is 0 Å². The molecule has 0 bridgehead atoms. The van der Waals surface area contributed by atoms with Gasteiger partial charge in [0.25, 0.3) is 0 Å². The first kappa shape index (κ1) is 23.1. The van der Waals surface area contributed by atoms with Crippen LogP contribution >= 0.6 is 0 Å². The summed E-state index contributed by atoms with van der Waals surface area (Å²) < 4.78 is 0. The van der Waals surface area contributed by atoms with Crippen LogP contribution in [0.15, 0.2) is 41.2 Å². The number of rotatable bonds is 10. The van der Waals surface area contributed by atoms with E-state index in [-0.39, 0.29) is 5.56 Å². The van der Waals surface area contributed by atoms with Crippen molar-refractivity contribution < 1.29 is 0 Å². The summed E-state index contributed by atoms with van der Waals surface area (Å²) in [6, 6.07) is 12.7. The van der Waals surface area contributed by atoms with Gasteiger partial charge in [0, 0.05) is 41.1 Å². The highest BCUT2D eigenvalue weighted by atomic mass is 16.1. The normalized spacial score (nSPS) is 17.4. The highest BCUT2D eigenvalue weighted by Crippen LogP contribution is 2.33. The number of H-pyrrole nitrogens is 1. The van der Waals surface area contributed by atoms with Crippen LogP contribution in [0.2, 0.25) is 0 Å². The fraction of sp³-hybridized carbons (Fsp3) is 0.517. The van der Waals surface area contributed by atoms with Crippen LogP contribution in [0.25, 0.3) is 10.9 Å². The summed E-state index contributed by atoms with van der Waals surface area (Å²) in [5.41, 5.74) is 7.70. The molecule has 0 amide bonds.